The molecule has 9 aromatic carbocycles. The summed E-state index contributed by atoms with van der Waals surface area (Å²) in [7, 11) is 0. The van der Waals surface area contributed by atoms with Crippen molar-refractivity contribution < 1.29 is 0 Å². The third-order valence-corrected chi connectivity index (χ3v) is 11.6. The summed E-state index contributed by atoms with van der Waals surface area (Å²) in [5.41, 5.74) is 13.3. The molecule has 0 aliphatic heterocycles. The molecule has 0 fully saturated rings. The number of hydrogen-bond donors (Lipinski definition) is 0. The number of para-hydroxylation sites is 2. The molecule has 0 aliphatic rings. The van der Waals surface area contributed by atoms with Gasteiger partial charge in [-0.1, -0.05) is 153 Å². The summed E-state index contributed by atoms with van der Waals surface area (Å²) < 4.78 is 2.51. The van der Waals surface area contributed by atoms with Crippen molar-refractivity contribution in [3.8, 4) is 33.4 Å². The maximum absolute atomic E-state index is 2.51. The van der Waals surface area contributed by atoms with Crippen molar-refractivity contribution in [2.24, 2.45) is 0 Å². The third kappa shape index (κ3) is 5.65. The molecule has 2 nitrogen and oxygen atoms in total. The highest BCUT2D eigenvalue weighted by molar-refractivity contribution is 6.22. The summed E-state index contributed by atoms with van der Waals surface area (Å²) in [6.07, 6.45) is 1.08. The van der Waals surface area contributed by atoms with Gasteiger partial charge >= 0.3 is 0 Å². The van der Waals surface area contributed by atoms with Gasteiger partial charge in [-0.05, 0) is 123 Å². The predicted octanol–water partition coefficient (Wildman–Crippen LogP) is 15.5. The Morgan fingerprint density at radius 1 is 0.375 bits per heavy atom. The van der Waals surface area contributed by atoms with Crippen molar-refractivity contribution in [2.75, 3.05) is 4.90 Å². The van der Waals surface area contributed by atoms with E-state index in [1.807, 2.05) is 0 Å². The lowest BCUT2D eigenvalue weighted by atomic mass is 9.85. The Hall–Kier alpha value is -6.90. The normalized spacial score (nSPS) is 12.1. The van der Waals surface area contributed by atoms with E-state index in [1.165, 1.54) is 76.7 Å². The van der Waals surface area contributed by atoms with Gasteiger partial charge in [0.2, 0.25) is 0 Å². The second-order valence-electron chi connectivity index (χ2n) is 14.9. The van der Waals surface area contributed by atoms with E-state index in [2.05, 4.69) is 224 Å². The topological polar surface area (TPSA) is 8.17 Å². The number of hydrogen-bond acceptors (Lipinski definition) is 1. The molecule has 0 radical (unpaired) electrons. The monoisotopic (exact) mass is 718 g/mol. The minimum atomic E-state index is 0.406. The first-order valence-corrected chi connectivity index (χ1v) is 19.8. The van der Waals surface area contributed by atoms with Crippen LogP contribution in [0.4, 0.5) is 17.1 Å². The largest absolute Gasteiger partial charge is 0.338 e. The summed E-state index contributed by atoms with van der Waals surface area (Å²) in [6, 6.07) is 73.6. The molecule has 10 aromatic rings. The molecule has 0 aliphatic carbocycles. The molecule has 268 valence electrons. The molecule has 0 saturated heterocycles. The molecule has 0 spiro atoms. The number of nitrogens with zero attached hydrogens (tertiary/aromatic N) is 2. The number of rotatable bonds is 8. The van der Waals surface area contributed by atoms with Gasteiger partial charge in [-0.3, -0.25) is 0 Å². The second-order valence-corrected chi connectivity index (χ2v) is 14.9. The van der Waals surface area contributed by atoms with Crippen LogP contribution in [0.5, 0.6) is 0 Å². The van der Waals surface area contributed by atoms with Crippen molar-refractivity contribution in [3.05, 3.63) is 200 Å². The average Bonchev–Trinajstić information content (AvgIpc) is 3.60. The Morgan fingerprint density at radius 3 is 1.50 bits per heavy atom. The SMILES string of the molecule is CCC(C)n1c2ccccc2c2cc(N(c3ccccc3)c3ccc(-c4ccc5c(-c6ccccc6)c6ccccc6c(-c6ccccc6)c5c4)cc3)ccc21. The fraction of sp³-hybridized carbons (Fsp3) is 0.0741. The van der Waals surface area contributed by atoms with Crippen molar-refractivity contribution in [1.29, 1.82) is 0 Å². The molecule has 10 rings (SSSR count). The zero-order valence-corrected chi connectivity index (χ0v) is 31.7. The number of aromatic nitrogens is 1. The molecule has 1 heterocycles. The number of anilines is 3. The maximum atomic E-state index is 2.51. The van der Waals surface area contributed by atoms with Crippen LogP contribution >= 0.6 is 0 Å². The van der Waals surface area contributed by atoms with Crippen molar-refractivity contribution >= 4 is 60.4 Å². The maximum Gasteiger partial charge on any atom is 0.0495 e. The molecule has 1 aromatic heterocycles. The molecule has 56 heavy (non-hydrogen) atoms. The zero-order valence-electron chi connectivity index (χ0n) is 31.7. The molecular formula is C54H42N2. The Labute approximate surface area is 328 Å². The fourth-order valence-corrected chi connectivity index (χ4v) is 8.80. The summed E-state index contributed by atoms with van der Waals surface area (Å²) in [4.78, 5) is 2.38. The van der Waals surface area contributed by atoms with E-state index in [9.17, 15) is 0 Å². The summed E-state index contributed by atoms with van der Waals surface area (Å²) in [5, 5.41) is 7.62. The van der Waals surface area contributed by atoms with Gasteiger partial charge in [0.1, 0.15) is 0 Å². The van der Waals surface area contributed by atoms with Gasteiger partial charge in [0.25, 0.3) is 0 Å². The van der Waals surface area contributed by atoms with Crippen molar-refractivity contribution in [3.63, 3.8) is 0 Å². The number of benzene rings is 9. The van der Waals surface area contributed by atoms with Crippen LogP contribution < -0.4 is 4.90 Å². The molecule has 1 atom stereocenters. The molecule has 0 saturated carbocycles. The van der Waals surface area contributed by atoms with Crippen LogP contribution in [-0.4, -0.2) is 4.57 Å². The van der Waals surface area contributed by atoms with Gasteiger partial charge in [-0.25, -0.2) is 0 Å². The predicted molar refractivity (Wildman–Crippen MR) is 240 cm³/mol. The molecular weight excluding hydrogens is 677 g/mol. The second kappa shape index (κ2) is 14.1. The van der Waals surface area contributed by atoms with Gasteiger partial charge < -0.3 is 9.47 Å². The third-order valence-electron chi connectivity index (χ3n) is 11.6. The molecule has 2 heteroatoms. The van der Waals surface area contributed by atoms with Gasteiger partial charge in [-0.2, -0.15) is 0 Å². The first-order chi connectivity index (χ1) is 27.7. The van der Waals surface area contributed by atoms with Crippen molar-refractivity contribution in [2.45, 2.75) is 26.3 Å². The average molecular weight is 719 g/mol. The molecule has 1 unspecified atom stereocenters. The Bertz CT molecular complexity index is 3000. The van der Waals surface area contributed by atoms with E-state index in [0.717, 1.165) is 23.5 Å². The first kappa shape index (κ1) is 33.7. The Balaban J connectivity index is 1.12. The lowest BCUT2D eigenvalue weighted by Gasteiger charge is -2.26. The summed E-state index contributed by atoms with van der Waals surface area (Å²) in [5.74, 6) is 0. The summed E-state index contributed by atoms with van der Waals surface area (Å²) in [6.45, 7) is 4.59. The number of fused-ring (bicyclic) bond motifs is 5. The van der Waals surface area contributed by atoms with E-state index in [4.69, 9.17) is 0 Å². The molecule has 0 amide bonds. The first-order valence-electron chi connectivity index (χ1n) is 19.8. The standard InChI is InChI=1S/C54H42N2/c1-3-37(2)55-51-26-16-15-23-45(51)49-36-44(32-34-52(49)55)56(42-21-11-6-12-22-42)43-30-27-38(28-31-43)41-29-33-48-50(35-41)54(40-19-9-5-10-20-40)47-25-14-13-24-46(47)53(48)39-17-7-4-8-18-39/h4-37H,3H2,1-2H3. The highest BCUT2D eigenvalue weighted by atomic mass is 15.1. The van der Waals surface area contributed by atoms with E-state index in [1.54, 1.807) is 0 Å². The zero-order chi connectivity index (χ0) is 37.6. The lowest BCUT2D eigenvalue weighted by Crippen LogP contribution is -2.10. The van der Waals surface area contributed by atoms with Gasteiger partial charge in [0.05, 0.1) is 0 Å². The van der Waals surface area contributed by atoms with Crippen LogP contribution in [0.2, 0.25) is 0 Å². The minimum absolute atomic E-state index is 0.406. The van der Waals surface area contributed by atoms with E-state index < -0.39 is 0 Å². The van der Waals surface area contributed by atoms with Gasteiger partial charge in [-0.15, -0.1) is 0 Å². The highest BCUT2D eigenvalue weighted by Crippen LogP contribution is 2.45. The van der Waals surface area contributed by atoms with Crippen LogP contribution in [0.25, 0.3) is 76.7 Å². The van der Waals surface area contributed by atoms with Gasteiger partial charge in [0.15, 0.2) is 0 Å². The van der Waals surface area contributed by atoms with Gasteiger partial charge in [0, 0.05) is 44.9 Å². The van der Waals surface area contributed by atoms with E-state index in [-0.39, 0.29) is 0 Å². The quantitative estimate of drug-likeness (QED) is 0.142. The molecule has 0 N–H and O–H groups in total. The van der Waals surface area contributed by atoms with Crippen LogP contribution in [0.3, 0.4) is 0 Å². The van der Waals surface area contributed by atoms with Crippen LogP contribution in [0.1, 0.15) is 26.3 Å². The van der Waals surface area contributed by atoms with Crippen molar-refractivity contribution in [1.82, 2.24) is 4.57 Å². The Kier molecular flexibility index (Phi) is 8.45. The Morgan fingerprint density at radius 2 is 0.857 bits per heavy atom. The smallest absolute Gasteiger partial charge is 0.0495 e. The molecule has 0 bridgehead atoms. The minimum Gasteiger partial charge on any atom is -0.338 e. The summed E-state index contributed by atoms with van der Waals surface area (Å²) >= 11 is 0. The van der Waals surface area contributed by atoms with Crippen LogP contribution in [-0.2, 0) is 0 Å². The highest BCUT2D eigenvalue weighted by Gasteiger charge is 2.20. The van der Waals surface area contributed by atoms with Crippen LogP contribution in [0, 0.1) is 0 Å². The van der Waals surface area contributed by atoms with E-state index in [0.29, 0.717) is 6.04 Å². The van der Waals surface area contributed by atoms with E-state index >= 15 is 0 Å². The fourth-order valence-electron chi connectivity index (χ4n) is 8.80. The lowest BCUT2D eigenvalue weighted by molar-refractivity contribution is 0.563. The van der Waals surface area contributed by atoms with Crippen LogP contribution in [0.15, 0.2) is 200 Å².